The molecule has 9 heteroatoms. The van der Waals surface area contributed by atoms with E-state index in [1.54, 1.807) is 23.5 Å². The molecule has 1 saturated heterocycles. The number of carbonyl (C=O) groups excluding carboxylic acids is 1. The summed E-state index contributed by atoms with van der Waals surface area (Å²) in [5.41, 5.74) is 3.75. The van der Waals surface area contributed by atoms with Crippen molar-refractivity contribution in [3.8, 4) is 16.9 Å². The fourth-order valence-corrected chi connectivity index (χ4v) is 5.37. The highest BCUT2D eigenvalue weighted by atomic mass is 32.2. The van der Waals surface area contributed by atoms with Crippen LogP contribution in [-0.2, 0) is 16.6 Å². The number of thiophene rings is 1. The Morgan fingerprint density at radius 1 is 1.03 bits per heavy atom. The average Bonchev–Trinajstić information content (AvgIpc) is 3.28. The van der Waals surface area contributed by atoms with Gasteiger partial charge in [0.2, 0.25) is 10.0 Å². The van der Waals surface area contributed by atoms with Crippen LogP contribution in [0.4, 0.5) is 5.69 Å². The molecule has 1 amide bonds. The zero-order chi connectivity index (χ0) is 24.1. The molecule has 7 nitrogen and oxygen atoms in total. The van der Waals surface area contributed by atoms with Crippen LogP contribution >= 0.6 is 11.3 Å². The summed E-state index contributed by atoms with van der Waals surface area (Å²) in [6, 6.07) is 17.5. The number of benzene rings is 2. The maximum atomic E-state index is 12.0. The minimum atomic E-state index is -3.57. The molecule has 1 aliphatic heterocycles. The quantitative estimate of drug-likeness (QED) is 0.508. The molecule has 1 fully saturated rings. The highest BCUT2D eigenvalue weighted by molar-refractivity contribution is 7.89. The van der Waals surface area contributed by atoms with Crippen molar-refractivity contribution < 1.29 is 17.9 Å². The molecule has 0 saturated carbocycles. The Labute approximate surface area is 205 Å². The third-order valence-electron chi connectivity index (χ3n) is 5.66. The number of piperazine rings is 1. The Bertz CT molecular complexity index is 1230. The number of sulfonamides is 1. The van der Waals surface area contributed by atoms with Gasteiger partial charge in [0, 0.05) is 48.9 Å². The summed E-state index contributed by atoms with van der Waals surface area (Å²) in [6.45, 7) is 7.26. The van der Waals surface area contributed by atoms with Gasteiger partial charge < -0.3 is 9.64 Å². The lowest BCUT2D eigenvalue weighted by atomic mass is 10.1. The first-order valence-corrected chi connectivity index (χ1v) is 14.0. The van der Waals surface area contributed by atoms with E-state index in [1.165, 1.54) is 16.0 Å². The molecule has 3 aromatic rings. The van der Waals surface area contributed by atoms with Crippen molar-refractivity contribution in [2.24, 2.45) is 0 Å². The van der Waals surface area contributed by atoms with Gasteiger partial charge in [0.25, 0.3) is 5.91 Å². The maximum absolute atomic E-state index is 12.0. The summed E-state index contributed by atoms with van der Waals surface area (Å²) in [4.78, 5) is 18.1. The Morgan fingerprint density at radius 2 is 1.76 bits per heavy atom. The molecule has 2 aromatic carbocycles. The van der Waals surface area contributed by atoms with Crippen molar-refractivity contribution >= 4 is 33.0 Å². The molecule has 0 bridgehead atoms. The SMILES string of the molecule is CCOc1cccc(-c2csc(CN3CCN(c4ccc(C(=O)NS(C)(=O)=O)cc4)CC3)c2)c1. The molecule has 1 N–H and O–H groups in total. The molecular weight excluding hydrogens is 470 g/mol. The van der Waals surface area contributed by atoms with E-state index in [0.717, 1.165) is 50.4 Å². The third kappa shape index (κ3) is 6.37. The highest BCUT2D eigenvalue weighted by Gasteiger charge is 2.19. The van der Waals surface area contributed by atoms with Crippen LogP contribution in [0, 0.1) is 0 Å². The van der Waals surface area contributed by atoms with Gasteiger partial charge in [-0.2, -0.15) is 0 Å². The largest absolute Gasteiger partial charge is 0.494 e. The fourth-order valence-electron chi connectivity index (χ4n) is 3.98. The Morgan fingerprint density at radius 3 is 2.44 bits per heavy atom. The third-order valence-corrected chi connectivity index (χ3v) is 7.13. The number of hydrogen-bond acceptors (Lipinski definition) is 7. The predicted octanol–water partition coefficient (Wildman–Crippen LogP) is 3.83. The van der Waals surface area contributed by atoms with Crippen molar-refractivity contribution in [3.63, 3.8) is 0 Å². The number of rotatable bonds is 8. The van der Waals surface area contributed by atoms with Crippen LogP contribution in [0.5, 0.6) is 5.75 Å². The highest BCUT2D eigenvalue weighted by Crippen LogP contribution is 2.29. The Hall–Kier alpha value is -2.88. The molecule has 0 unspecified atom stereocenters. The van der Waals surface area contributed by atoms with E-state index in [2.05, 4.69) is 33.4 Å². The number of carbonyl (C=O) groups is 1. The van der Waals surface area contributed by atoms with Gasteiger partial charge in [-0.1, -0.05) is 12.1 Å². The van der Waals surface area contributed by atoms with Crippen molar-refractivity contribution in [1.29, 1.82) is 0 Å². The lowest BCUT2D eigenvalue weighted by Gasteiger charge is -2.36. The summed E-state index contributed by atoms with van der Waals surface area (Å²) in [7, 11) is -3.57. The second-order valence-electron chi connectivity index (χ2n) is 8.28. The number of anilines is 1. The molecular formula is C25H29N3O4S2. The zero-order valence-electron chi connectivity index (χ0n) is 19.4. The Kier molecular flexibility index (Phi) is 7.55. The normalized spacial score (nSPS) is 14.7. The standard InChI is InChI=1S/C25H29N3O4S2/c1-3-32-23-6-4-5-20(15-23)21-16-24(33-18-21)17-27-11-13-28(14-12-27)22-9-7-19(8-10-22)25(29)26-34(2,30)31/h4-10,15-16,18H,3,11-14,17H2,1-2H3,(H,26,29). The lowest BCUT2D eigenvalue weighted by Crippen LogP contribution is -2.45. The molecule has 34 heavy (non-hydrogen) atoms. The molecule has 4 rings (SSSR count). The van der Waals surface area contributed by atoms with Gasteiger partial charge in [-0.25, -0.2) is 13.1 Å². The average molecular weight is 500 g/mol. The maximum Gasteiger partial charge on any atom is 0.264 e. The van der Waals surface area contributed by atoms with E-state index < -0.39 is 15.9 Å². The first kappa shape index (κ1) is 24.3. The van der Waals surface area contributed by atoms with Crippen molar-refractivity contribution in [2.45, 2.75) is 13.5 Å². The van der Waals surface area contributed by atoms with Crippen molar-refractivity contribution in [2.75, 3.05) is 43.9 Å². The fraction of sp³-hybridized carbons (Fsp3) is 0.320. The topological polar surface area (TPSA) is 79.0 Å². The molecule has 0 atom stereocenters. The van der Waals surface area contributed by atoms with Crippen LogP contribution in [0.3, 0.4) is 0 Å². The van der Waals surface area contributed by atoms with Gasteiger partial charge in [0.1, 0.15) is 5.75 Å². The summed E-state index contributed by atoms with van der Waals surface area (Å²) in [6.07, 6.45) is 0.968. The van der Waals surface area contributed by atoms with Gasteiger partial charge in [0.05, 0.1) is 12.9 Å². The zero-order valence-corrected chi connectivity index (χ0v) is 21.0. The van der Waals surface area contributed by atoms with Crippen LogP contribution in [0.25, 0.3) is 11.1 Å². The molecule has 0 aliphatic carbocycles. The van der Waals surface area contributed by atoms with Gasteiger partial charge in [-0.05, 0) is 65.9 Å². The Balaban J connectivity index is 1.31. The number of nitrogens with zero attached hydrogens (tertiary/aromatic N) is 2. The van der Waals surface area contributed by atoms with Gasteiger partial charge in [-0.3, -0.25) is 9.69 Å². The molecule has 0 radical (unpaired) electrons. The summed E-state index contributed by atoms with van der Waals surface area (Å²) < 4.78 is 30.1. The van der Waals surface area contributed by atoms with E-state index in [1.807, 2.05) is 35.9 Å². The minimum Gasteiger partial charge on any atom is -0.494 e. The minimum absolute atomic E-state index is 0.327. The lowest BCUT2D eigenvalue weighted by molar-refractivity contribution is 0.0981. The number of amides is 1. The molecule has 0 spiro atoms. The van der Waals surface area contributed by atoms with Gasteiger partial charge in [0.15, 0.2) is 0 Å². The number of hydrogen-bond donors (Lipinski definition) is 1. The molecule has 180 valence electrons. The second kappa shape index (κ2) is 10.6. The second-order valence-corrected chi connectivity index (χ2v) is 11.0. The first-order chi connectivity index (χ1) is 16.3. The van der Waals surface area contributed by atoms with E-state index in [4.69, 9.17) is 4.74 Å². The predicted molar refractivity (Wildman–Crippen MR) is 137 cm³/mol. The van der Waals surface area contributed by atoms with Crippen molar-refractivity contribution in [3.05, 3.63) is 70.4 Å². The molecule has 1 aromatic heterocycles. The van der Waals surface area contributed by atoms with Crippen LogP contribution in [0.1, 0.15) is 22.2 Å². The van der Waals surface area contributed by atoms with E-state index in [-0.39, 0.29) is 0 Å². The van der Waals surface area contributed by atoms with Crippen LogP contribution < -0.4 is 14.4 Å². The molecule has 2 heterocycles. The van der Waals surface area contributed by atoms with Crippen LogP contribution in [-0.4, -0.2) is 58.3 Å². The number of ether oxygens (including phenoxy) is 1. The summed E-state index contributed by atoms with van der Waals surface area (Å²) >= 11 is 1.79. The first-order valence-electron chi connectivity index (χ1n) is 11.2. The smallest absolute Gasteiger partial charge is 0.264 e. The van der Waals surface area contributed by atoms with E-state index >= 15 is 0 Å². The van der Waals surface area contributed by atoms with Crippen molar-refractivity contribution in [1.82, 2.24) is 9.62 Å². The summed E-state index contributed by atoms with van der Waals surface area (Å²) in [5.74, 6) is 0.284. The number of nitrogens with one attached hydrogen (secondary N) is 1. The van der Waals surface area contributed by atoms with E-state index in [0.29, 0.717) is 12.2 Å². The molecule has 1 aliphatic rings. The van der Waals surface area contributed by atoms with Gasteiger partial charge >= 0.3 is 0 Å². The monoisotopic (exact) mass is 499 g/mol. The van der Waals surface area contributed by atoms with Crippen LogP contribution in [0.2, 0.25) is 0 Å². The van der Waals surface area contributed by atoms with Gasteiger partial charge in [-0.15, -0.1) is 11.3 Å². The summed E-state index contributed by atoms with van der Waals surface area (Å²) in [5, 5.41) is 2.21. The van der Waals surface area contributed by atoms with E-state index in [9.17, 15) is 13.2 Å². The van der Waals surface area contributed by atoms with Crippen LogP contribution in [0.15, 0.2) is 60.0 Å².